The van der Waals surface area contributed by atoms with E-state index in [2.05, 4.69) is 5.32 Å². The summed E-state index contributed by atoms with van der Waals surface area (Å²) in [4.78, 5) is 12.9. The zero-order valence-corrected chi connectivity index (χ0v) is 17.9. The fourth-order valence-corrected chi connectivity index (χ4v) is 5.49. The Labute approximate surface area is 176 Å². The summed E-state index contributed by atoms with van der Waals surface area (Å²) in [5, 5.41) is 3.67. The second kappa shape index (κ2) is 8.65. The molecule has 1 N–H and O–H groups in total. The van der Waals surface area contributed by atoms with Gasteiger partial charge in [-0.1, -0.05) is 12.8 Å². The lowest BCUT2D eigenvalue weighted by Crippen LogP contribution is -2.32. The monoisotopic (exact) mass is 429 g/mol. The highest BCUT2D eigenvalue weighted by atomic mass is 32.2. The predicted molar refractivity (Wildman–Crippen MR) is 114 cm³/mol. The largest absolute Gasteiger partial charge is 0.467 e. The van der Waals surface area contributed by atoms with Gasteiger partial charge in [0.25, 0.3) is 0 Å². The zero-order chi connectivity index (χ0) is 21.1. The van der Waals surface area contributed by atoms with Gasteiger partial charge in [-0.2, -0.15) is 4.31 Å². The number of fused-ring (bicyclic) bond motifs is 1. The number of aromatic nitrogens is 1. The highest BCUT2D eigenvalue weighted by molar-refractivity contribution is 7.89. The fourth-order valence-electron chi connectivity index (χ4n) is 3.93. The maximum Gasteiger partial charge on any atom is 0.243 e. The smallest absolute Gasteiger partial charge is 0.243 e. The number of furan rings is 1. The van der Waals surface area contributed by atoms with E-state index in [1.54, 1.807) is 34.8 Å². The summed E-state index contributed by atoms with van der Waals surface area (Å²) < 4.78 is 34.9. The molecule has 0 radical (unpaired) electrons. The quantitative estimate of drug-likeness (QED) is 0.648. The molecule has 3 heterocycles. The molecule has 0 spiro atoms. The number of hydrogen-bond acceptors (Lipinski definition) is 4. The normalized spacial score (nSPS) is 17.0. The Balaban J connectivity index is 1.53. The van der Waals surface area contributed by atoms with Crippen LogP contribution >= 0.6 is 0 Å². The minimum absolute atomic E-state index is 0.134. The maximum atomic E-state index is 13.1. The summed E-state index contributed by atoms with van der Waals surface area (Å²) in [6, 6.07) is 10.1. The molecule has 160 valence electrons. The molecule has 0 unspecified atom stereocenters. The third-order valence-corrected chi connectivity index (χ3v) is 7.60. The minimum Gasteiger partial charge on any atom is -0.467 e. The van der Waals surface area contributed by atoms with E-state index in [1.165, 1.54) is 0 Å². The molecule has 1 amide bonds. The van der Waals surface area contributed by atoms with Crippen molar-refractivity contribution in [3.8, 4) is 0 Å². The number of amides is 1. The fraction of sp³-hybridized carbons (Fsp3) is 0.409. The molecule has 1 fully saturated rings. The van der Waals surface area contributed by atoms with Crippen molar-refractivity contribution >= 4 is 26.8 Å². The van der Waals surface area contributed by atoms with Gasteiger partial charge in [0.2, 0.25) is 15.9 Å². The van der Waals surface area contributed by atoms with Crippen LogP contribution in [-0.2, 0) is 21.4 Å². The maximum absolute atomic E-state index is 13.1. The van der Waals surface area contributed by atoms with Gasteiger partial charge in [-0.25, -0.2) is 8.42 Å². The van der Waals surface area contributed by atoms with Gasteiger partial charge >= 0.3 is 0 Å². The van der Waals surface area contributed by atoms with Gasteiger partial charge in [0.15, 0.2) is 0 Å². The number of rotatable bonds is 6. The summed E-state index contributed by atoms with van der Waals surface area (Å²) in [5.41, 5.74) is 0.825. The van der Waals surface area contributed by atoms with Crippen LogP contribution in [0.4, 0.5) is 0 Å². The first-order valence-corrected chi connectivity index (χ1v) is 11.8. The molecule has 8 heteroatoms. The Morgan fingerprint density at radius 3 is 2.60 bits per heavy atom. The Morgan fingerprint density at radius 2 is 1.90 bits per heavy atom. The van der Waals surface area contributed by atoms with E-state index in [9.17, 15) is 13.2 Å². The van der Waals surface area contributed by atoms with Crippen LogP contribution in [0, 0.1) is 0 Å². The molecule has 4 rings (SSSR count). The van der Waals surface area contributed by atoms with Gasteiger partial charge < -0.3 is 14.3 Å². The molecule has 1 atom stereocenters. The average molecular weight is 430 g/mol. The number of hydrogen-bond donors (Lipinski definition) is 1. The van der Waals surface area contributed by atoms with Gasteiger partial charge in [0.1, 0.15) is 11.8 Å². The van der Waals surface area contributed by atoms with Crippen molar-refractivity contribution in [2.75, 3.05) is 13.1 Å². The van der Waals surface area contributed by atoms with Crippen LogP contribution in [0.5, 0.6) is 0 Å². The molecule has 1 saturated heterocycles. The number of sulfonamides is 1. The molecule has 1 aliphatic heterocycles. The molecule has 1 aliphatic rings. The molecular weight excluding hydrogens is 402 g/mol. The van der Waals surface area contributed by atoms with Crippen LogP contribution in [0.1, 0.15) is 44.4 Å². The van der Waals surface area contributed by atoms with E-state index >= 15 is 0 Å². The van der Waals surface area contributed by atoms with Gasteiger partial charge in [0, 0.05) is 30.2 Å². The van der Waals surface area contributed by atoms with Gasteiger partial charge in [-0.15, -0.1) is 0 Å². The standard InChI is InChI=1S/C22H27N3O4S/c1-17(22(26)23-16-19-7-6-14-29-19)25-13-10-18-15-20(8-9-21(18)25)30(27,28)24-11-4-2-3-5-12-24/h6-10,13-15,17H,2-5,11-12,16H2,1H3,(H,23,26)/t17-/m1/s1. The second-order valence-corrected chi connectivity index (χ2v) is 9.67. The van der Waals surface area contributed by atoms with E-state index in [0.717, 1.165) is 36.6 Å². The molecule has 0 bridgehead atoms. The zero-order valence-electron chi connectivity index (χ0n) is 17.1. The van der Waals surface area contributed by atoms with Gasteiger partial charge in [-0.3, -0.25) is 4.79 Å². The van der Waals surface area contributed by atoms with Crippen LogP contribution in [0.2, 0.25) is 0 Å². The number of carbonyl (C=O) groups is 1. The summed E-state index contributed by atoms with van der Waals surface area (Å²) >= 11 is 0. The number of nitrogens with one attached hydrogen (secondary N) is 1. The molecule has 30 heavy (non-hydrogen) atoms. The highest BCUT2D eigenvalue weighted by Gasteiger charge is 2.26. The number of carbonyl (C=O) groups excluding carboxylic acids is 1. The van der Waals surface area contributed by atoms with Crippen LogP contribution in [0.3, 0.4) is 0 Å². The van der Waals surface area contributed by atoms with Crippen molar-refractivity contribution in [3.05, 3.63) is 54.6 Å². The van der Waals surface area contributed by atoms with Crippen molar-refractivity contribution in [1.29, 1.82) is 0 Å². The molecule has 0 saturated carbocycles. The van der Waals surface area contributed by atoms with E-state index in [4.69, 9.17) is 4.42 Å². The summed E-state index contributed by atoms with van der Waals surface area (Å²) in [6.45, 7) is 3.30. The summed E-state index contributed by atoms with van der Waals surface area (Å²) in [5.74, 6) is 0.557. The summed E-state index contributed by atoms with van der Waals surface area (Å²) in [7, 11) is -3.50. The number of nitrogens with zero attached hydrogens (tertiary/aromatic N) is 2. The van der Waals surface area contributed by atoms with Crippen molar-refractivity contribution in [2.45, 2.75) is 50.1 Å². The Morgan fingerprint density at radius 1 is 1.13 bits per heavy atom. The third kappa shape index (κ3) is 4.15. The average Bonchev–Trinajstić information content (AvgIpc) is 3.33. The molecule has 1 aromatic carbocycles. The third-order valence-electron chi connectivity index (χ3n) is 5.71. The van der Waals surface area contributed by atoms with Crippen molar-refractivity contribution in [2.24, 2.45) is 0 Å². The lowest BCUT2D eigenvalue weighted by atomic mass is 10.2. The topological polar surface area (TPSA) is 84.5 Å². The summed E-state index contributed by atoms with van der Waals surface area (Å²) in [6.07, 6.45) is 7.36. The van der Waals surface area contributed by atoms with E-state index < -0.39 is 16.1 Å². The van der Waals surface area contributed by atoms with E-state index in [-0.39, 0.29) is 5.91 Å². The molecule has 0 aliphatic carbocycles. The Hall–Kier alpha value is -2.58. The molecule has 7 nitrogen and oxygen atoms in total. The van der Waals surface area contributed by atoms with Crippen LogP contribution in [0.25, 0.3) is 10.9 Å². The molecular formula is C22H27N3O4S. The van der Waals surface area contributed by atoms with E-state index in [0.29, 0.717) is 30.3 Å². The Kier molecular flexibility index (Phi) is 5.97. The lowest BCUT2D eigenvalue weighted by molar-refractivity contribution is -0.124. The SMILES string of the molecule is C[C@H](C(=O)NCc1ccco1)n1ccc2cc(S(=O)(=O)N3CCCCCC3)ccc21. The van der Waals surface area contributed by atoms with Crippen molar-refractivity contribution in [1.82, 2.24) is 14.2 Å². The first kappa shape index (κ1) is 20.7. The second-order valence-electron chi connectivity index (χ2n) is 7.74. The van der Waals surface area contributed by atoms with Crippen molar-refractivity contribution in [3.63, 3.8) is 0 Å². The predicted octanol–water partition coefficient (Wildman–Crippen LogP) is 3.68. The van der Waals surface area contributed by atoms with Crippen LogP contribution < -0.4 is 5.32 Å². The van der Waals surface area contributed by atoms with Crippen molar-refractivity contribution < 1.29 is 17.6 Å². The highest BCUT2D eigenvalue weighted by Crippen LogP contribution is 2.26. The van der Waals surface area contributed by atoms with Gasteiger partial charge in [-0.05, 0) is 56.2 Å². The Bertz CT molecular complexity index is 1110. The lowest BCUT2D eigenvalue weighted by Gasteiger charge is -2.20. The van der Waals surface area contributed by atoms with Crippen LogP contribution in [-0.4, -0.2) is 36.3 Å². The van der Waals surface area contributed by atoms with Crippen LogP contribution in [0.15, 0.2) is 58.2 Å². The minimum atomic E-state index is -3.50. The molecule has 3 aromatic rings. The molecule has 2 aromatic heterocycles. The first-order valence-electron chi connectivity index (χ1n) is 10.4. The number of benzene rings is 1. The first-order chi connectivity index (χ1) is 14.5. The van der Waals surface area contributed by atoms with Gasteiger partial charge in [0.05, 0.1) is 17.7 Å². The van der Waals surface area contributed by atoms with E-state index in [1.807, 2.05) is 29.8 Å².